The number of hydrogen-bond donors (Lipinski definition) is 0. The number of benzene rings is 3. The first-order chi connectivity index (χ1) is 21.9. The summed E-state index contributed by atoms with van der Waals surface area (Å²) < 4.78 is 19.1. The molecule has 1 aliphatic heterocycles. The molecule has 2 aromatic heterocycles. The Bertz CT molecular complexity index is 2090. The molecule has 0 saturated heterocycles. The topological polar surface area (TPSA) is 79.1 Å². The smallest absolute Gasteiger partial charge is 0.338 e. The number of carbonyl (C=O) groups excluding carboxylic acids is 1. The predicted octanol–water partition coefficient (Wildman–Crippen LogP) is 6.89. The van der Waals surface area contributed by atoms with Gasteiger partial charge in [-0.25, -0.2) is 9.79 Å². The maximum Gasteiger partial charge on any atom is 0.338 e. The van der Waals surface area contributed by atoms with Crippen molar-refractivity contribution in [1.82, 2.24) is 4.57 Å². The number of carbonyl (C=O) groups is 1. The third-order valence-corrected chi connectivity index (χ3v) is 9.43. The van der Waals surface area contributed by atoms with Crippen LogP contribution >= 0.6 is 45.9 Å². The van der Waals surface area contributed by atoms with E-state index in [1.54, 1.807) is 35.8 Å². The van der Waals surface area contributed by atoms with Crippen molar-refractivity contribution in [1.29, 1.82) is 0 Å². The molecule has 5 aromatic rings. The van der Waals surface area contributed by atoms with Crippen LogP contribution < -0.4 is 24.4 Å². The summed E-state index contributed by atoms with van der Waals surface area (Å²) in [4.78, 5) is 33.8. The summed E-state index contributed by atoms with van der Waals surface area (Å²) in [6, 6.07) is 23.4. The monoisotopic (exact) mass is 676 g/mol. The minimum absolute atomic E-state index is 0.188. The van der Waals surface area contributed by atoms with Crippen molar-refractivity contribution < 1.29 is 19.0 Å². The Hall–Kier alpha value is -4.15. The highest BCUT2D eigenvalue weighted by Gasteiger charge is 2.35. The van der Waals surface area contributed by atoms with Gasteiger partial charge in [-0.1, -0.05) is 83.1 Å². The number of rotatable bonds is 9. The maximum absolute atomic E-state index is 14.1. The van der Waals surface area contributed by atoms with Crippen LogP contribution in [0.1, 0.15) is 34.5 Å². The van der Waals surface area contributed by atoms with Gasteiger partial charge < -0.3 is 14.2 Å². The van der Waals surface area contributed by atoms with Gasteiger partial charge in [-0.05, 0) is 59.8 Å². The third-order valence-electron chi connectivity index (χ3n) is 7.01. The number of nitrogens with zero attached hydrogens (tertiary/aromatic N) is 2. The lowest BCUT2D eigenvalue weighted by Crippen LogP contribution is -2.39. The Balaban J connectivity index is 1.47. The molecule has 0 amide bonds. The quantitative estimate of drug-likeness (QED) is 0.159. The molecule has 1 atom stereocenters. The molecule has 45 heavy (non-hydrogen) atoms. The largest absolute Gasteiger partial charge is 0.493 e. The van der Waals surface area contributed by atoms with Gasteiger partial charge in [-0.2, -0.15) is 0 Å². The van der Waals surface area contributed by atoms with Crippen molar-refractivity contribution in [2.24, 2.45) is 4.99 Å². The average molecular weight is 678 g/mol. The van der Waals surface area contributed by atoms with E-state index < -0.39 is 12.0 Å². The fourth-order valence-electron chi connectivity index (χ4n) is 5.05. The first kappa shape index (κ1) is 30.9. The molecule has 3 aromatic carbocycles. The zero-order chi connectivity index (χ0) is 31.5. The van der Waals surface area contributed by atoms with Crippen LogP contribution in [0, 0.1) is 0 Å². The Morgan fingerprint density at radius 2 is 1.87 bits per heavy atom. The number of ether oxygens (including phenoxy) is 3. The van der Waals surface area contributed by atoms with Gasteiger partial charge >= 0.3 is 5.97 Å². The van der Waals surface area contributed by atoms with Gasteiger partial charge in [0.15, 0.2) is 16.3 Å². The molecule has 0 N–H and O–H groups in total. The van der Waals surface area contributed by atoms with E-state index in [1.807, 2.05) is 66.0 Å². The van der Waals surface area contributed by atoms with Crippen molar-refractivity contribution in [3.63, 3.8) is 0 Å². The summed E-state index contributed by atoms with van der Waals surface area (Å²) in [5, 5.41) is 2.85. The van der Waals surface area contributed by atoms with Crippen LogP contribution in [0.4, 0.5) is 0 Å². The molecule has 0 bridgehead atoms. The number of halogens is 2. The SMILES string of the molecule is CCOC(=O)C1=C(c2ccccc2)N=c2s/c(=C\c3cc(Cl)c(OCc4cccc(Cl)c4)c(OC)c3)c(=O)n2[C@@H]1c1cccs1. The van der Waals surface area contributed by atoms with Gasteiger partial charge in [0, 0.05) is 15.5 Å². The van der Waals surface area contributed by atoms with Crippen LogP contribution in [0.5, 0.6) is 11.5 Å². The van der Waals surface area contributed by atoms with Crippen LogP contribution in [0.3, 0.4) is 0 Å². The van der Waals surface area contributed by atoms with Gasteiger partial charge in [0.25, 0.3) is 5.56 Å². The van der Waals surface area contributed by atoms with Gasteiger partial charge in [-0.3, -0.25) is 9.36 Å². The minimum atomic E-state index is -0.710. The van der Waals surface area contributed by atoms with Crippen LogP contribution in [0.15, 0.2) is 99.6 Å². The summed E-state index contributed by atoms with van der Waals surface area (Å²) in [6.45, 7) is 2.18. The van der Waals surface area contributed by atoms with Crippen molar-refractivity contribution in [3.8, 4) is 11.5 Å². The van der Waals surface area contributed by atoms with Crippen molar-refractivity contribution >= 4 is 63.6 Å². The van der Waals surface area contributed by atoms with E-state index in [4.69, 9.17) is 42.4 Å². The lowest BCUT2D eigenvalue weighted by Gasteiger charge is -2.24. The molecule has 0 radical (unpaired) electrons. The molecule has 0 saturated carbocycles. The lowest BCUT2D eigenvalue weighted by molar-refractivity contribution is -0.138. The highest BCUT2D eigenvalue weighted by Crippen LogP contribution is 2.38. The fourth-order valence-corrected chi connectivity index (χ4v) is 7.36. The maximum atomic E-state index is 14.1. The molecule has 7 nitrogen and oxygen atoms in total. The Morgan fingerprint density at radius 3 is 2.58 bits per heavy atom. The summed E-state index contributed by atoms with van der Waals surface area (Å²) >= 11 is 15.5. The number of aromatic nitrogens is 1. The zero-order valence-corrected chi connectivity index (χ0v) is 27.3. The van der Waals surface area contributed by atoms with Crippen LogP contribution in [-0.2, 0) is 16.1 Å². The van der Waals surface area contributed by atoms with Gasteiger partial charge in [-0.15, -0.1) is 11.3 Å². The first-order valence-electron chi connectivity index (χ1n) is 13.9. The fraction of sp³-hybridized carbons (Fsp3) is 0.147. The summed E-state index contributed by atoms with van der Waals surface area (Å²) in [6.07, 6.45) is 1.74. The number of methoxy groups -OCH3 is 1. The van der Waals surface area contributed by atoms with Gasteiger partial charge in [0.2, 0.25) is 0 Å². The van der Waals surface area contributed by atoms with E-state index in [1.165, 1.54) is 29.8 Å². The molecule has 6 rings (SSSR count). The number of thiazole rings is 1. The van der Waals surface area contributed by atoms with E-state index in [2.05, 4.69) is 0 Å². The molecule has 0 unspecified atom stereocenters. The molecule has 3 heterocycles. The minimum Gasteiger partial charge on any atom is -0.493 e. The highest BCUT2D eigenvalue weighted by molar-refractivity contribution is 7.10. The molecule has 0 fully saturated rings. The second kappa shape index (κ2) is 13.5. The summed E-state index contributed by atoms with van der Waals surface area (Å²) in [5.74, 6) is 0.274. The average Bonchev–Trinajstić information content (AvgIpc) is 3.68. The van der Waals surface area contributed by atoms with Crippen molar-refractivity contribution in [3.05, 3.63) is 141 Å². The third kappa shape index (κ3) is 6.35. The van der Waals surface area contributed by atoms with E-state index >= 15 is 0 Å². The molecule has 11 heteroatoms. The molecular formula is C34H26Cl2N2O5S2. The van der Waals surface area contributed by atoms with E-state index in [0.29, 0.717) is 47.7 Å². The van der Waals surface area contributed by atoms with Crippen molar-refractivity contribution in [2.75, 3.05) is 13.7 Å². The molecule has 0 spiro atoms. The second-order valence-electron chi connectivity index (χ2n) is 9.90. The van der Waals surface area contributed by atoms with Gasteiger partial charge in [0.1, 0.15) is 12.6 Å². The van der Waals surface area contributed by atoms with Crippen LogP contribution in [0.2, 0.25) is 10.0 Å². The number of esters is 1. The lowest BCUT2D eigenvalue weighted by atomic mass is 9.97. The van der Waals surface area contributed by atoms with E-state index in [9.17, 15) is 9.59 Å². The molecule has 228 valence electrons. The van der Waals surface area contributed by atoms with Crippen LogP contribution in [-0.4, -0.2) is 24.3 Å². The van der Waals surface area contributed by atoms with Gasteiger partial charge in [0.05, 0.1) is 34.5 Å². The van der Waals surface area contributed by atoms with E-state index in [0.717, 1.165) is 16.0 Å². The molecule has 0 aliphatic carbocycles. The zero-order valence-electron chi connectivity index (χ0n) is 24.2. The molecular weight excluding hydrogens is 651 g/mol. The first-order valence-corrected chi connectivity index (χ1v) is 16.4. The van der Waals surface area contributed by atoms with Crippen molar-refractivity contribution in [2.45, 2.75) is 19.6 Å². The summed E-state index contributed by atoms with van der Waals surface area (Å²) in [7, 11) is 1.53. The van der Waals surface area contributed by atoms with Crippen LogP contribution in [0.25, 0.3) is 11.8 Å². The second-order valence-corrected chi connectivity index (χ2v) is 12.7. The summed E-state index contributed by atoms with van der Waals surface area (Å²) in [5.41, 5.74) is 2.77. The number of hydrogen-bond acceptors (Lipinski definition) is 8. The number of thiophene rings is 1. The molecule has 1 aliphatic rings. The van der Waals surface area contributed by atoms with E-state index in [-0.39, 0.29) is 18.8 Å². The Kier molecular flexibility index (Phi) is 9.23. The Labute approximate surface area is 276 Å². The normalized spacial score (nSPS) is 14.6. The Morgan fingerprint density at radius 1 is 1.04 bits per heavy atom. The highest BCUT2D eigenvalue weighted by atomic mass is 35.5. The standard InChI is InChI=1S/C34H26Cl2N2O5S2/c1-3-42-33(40)28-29(22-10-5-4-6-11-22)37-34-38(30(28)26-13-8-14-44-26)32(39)27(45-34)18-21-16-24(36)31(25(17-21)41-2)43-19-20-9-7-12-23(35)15-20/h4-18,30H,3,19H2,1-2H3/b27-18-/t30-/m1/s1. The predicted molar refractivity (Wildman–Crippen MR) is 179 cm³/mol. The number of fused-ring (bicyclic) bond motifs is 1.